The van der Waals surface area contributed by atoms with Crippen molar-refractivity contribution in [1.82, 2.24) is 0 Å². The lowest BCUT2D eigenvalue weighted by Gasteiger charge is -2.42. The van der Waals surface area contributed by atoms with Gasteiger partial charge < -0.3 is 9.84 Å². The molecule has 0 spiro atoms. The fourth-order valence-corrected chi connectivity index (χ4v) is 7.01. The number of ketones is 2. The van der Waals surface area contributed by atoms with Crippen LogP contribution in [0.25, 0.3) is 0 Å². The van der Waals surface area contributed by atoms with E-state index in [1.165, 1.54) is 18.1 Å². The minimum absolute atomic E-state index is 0.0450. The van der Waals surface area contributed by atoms with Crippen molar-refractivity contribution in [2.75, 3.05) is 12.0 Å². The van der Waals surface area contributed by atoms with Gasteiger partial charge in [-0.1, -0.05) is 42.3 Å². The summed E-state index contributed by atoms with van der Waals surface area (Å²) in [4.78, 5) is 55.7. The van der Waals surface area contributed by atoms with E-state index < -0.39 is 23.7 Å². The first-order chi connectivity index (χ1) is 19.2. The largest absolute Gasteiger partial charge is 0.503 e. The maximum atomic E-state index is 14.0. The number of fused-ring (bicyclic) bond motifs is 3. The Bertz CT molecular complexity index is 1600. The lowest BCUT2D eigenvalue weighted by molar-refractivity contribution is -0.123. The van der Waals surface area contributed by atoms with Crippen LogP contribution in [0.5, 0.6) is 11.5 Å². The summed E-state index contributed by atoms with van der Waals surface area (Å²) in [5, 5.41) is 10.4. The van der Waals surface area contributed by atoms with Gasteiger partial charge in [0.1, 0.15) is 0 Å². The number of nitrogens with zero attached hydrogens (tertiary/aromatic N) is 1. The maximum absolute atomic E-state index is 14.0. The fourth-order valence-electron chi connectivity index (χ4n) is 6.79. The minimum Gasteiger partial charge on any atom is -0.503 e. The molecule has 4 unspecified atom stereocenters. The summed E-state index contributed by atoms with van der Waals surface area (Å²) in [6.07, 6.45) is 4.67. The average Bonchev–Trinajstić information content (AvgIpc) is 3.21. The van der Waals surface area contributed by atoms with Crippen molar-refractivity contribution in [3.63, 3.8) is 0 Å². The molecule has 8 heteroatoms. The second-order valence-corrected chi connectivity index (χ2v) is 11.2. The first kappa shape index (κ1) is 26.3. The van der Waals surface area contributed by atoms with Crippen molar-refractivity contribution in [1.29, 1.82) is 0 Å². The number of phenolic OH excluding ortho intramolecular Hbond substituents is 1. The highest BCUT2D eigenvalue weighted by Gasteiger charge is 2.56. The quantitative estimate of drug-likeness (QED) is 0.313. The number of benzene rings is 2. The van der Waals surface area contributed by atoms with Gasteiger partial charge in [-0.2, -0.15) is 0 Å². The number of allylic oxidation sites excluding steroid dienone is 6. The predicted octanol–water partition coefficient (Wildman–Crippen LogP) is 5.25. The molecule has 0 saturated carbocycles. The number of carbonyl (C=O) groups excluding carboxylic acids is 4. The van der Waals surface area contributed by atoms with Gasteiger partial charge in [-0.25, -0.2) is 0 Å². The molecule has 0 radical (unpaired) electrons. The molecule has 1 aliphatic heterocycles. The molecule has 4 aliphatic rings. The summed E-state index contributed by atoms with van der Waals surface area (Å²) in [5.74, 6) is -3.49. The number of aromatic hydroxyl groups is 1. The van der Waals surface area contributed by atoms with Crippen molar-refractivity contribution in [2.24, 2.45) is 17.8 Å². The van der Waals surface area contributed by atoms with E-state index in [9.17, 15) is 24.3 Å². The third kappa shape index (κ3) is 3.79. The Morgan fingerprint density at radius 2 is 1.77 bits per heavy atom. The van der Waals surface area contributed by atoms with Crippen molar-refractivity contribution in [3.05, 3.63) is 87.0 Å². The zero-order valence-corrected chi connectivity index (χ0v) is 23.1. The Morgan fingerprint density at radius 1 is 1.05 bits per heavy atom. The summed E-state index contributed by atoms with van der Waals surface area (Å²) in [5.41, 5.74) is 4.08. The highest BCUT2D eigenvalue weighted by Crippen LogP contribution is 2.56. The number of phenols is 1. The molecule has 0 aromatic heterocycles. The molecular weight excluding hydrogens is 530 g/mol. The number of hydrogen-bond donors (Lipinski definition) is 1. The number of anilines is 1. The van der Waals surface area contributed by atoms with Gasteiger partial charge in [-0.05, 0) is 73.6 Å². The molecule has 0 bridgehead atoms. The summed E-state index contributed by atoms with van der Waals surface area (Å²) in [6, 6.07) is 10.6. The molecule has 4 atom stereocenters. The normalized spacial score (nSPS) is 25.9. The van der Waals surface area contributed by atoms with Crippen LogP contribution in [-0.4, -0.2) is 35.6 Å². The molecule has 1 saturated heterocycles. The third-order valence-corrected chi connectivity index (χ3v) is 9.06. The minimum atomic E-state index is -0.678. The zero-order valence-electron chi connectivity index (χ0n) is 22.4. The Balaban J connectivity index is 1.49. The molecule has 6 rings (SSSR count). The van der Waals surface area contributed by atoms with Crippen LogP contribution in [0.1, 0.15) is 43.7 Å². The van der Waals surface area contributed by atoms with Crippen LogP contribution in [0.2, 0.25) is 5.02 Å². The SMILES string of the molecule is CCc1ccc(N2C(=O)C3CC=C4C(c5cc(Cl)c(O)c(OC)c5)C5=C(CC4C3C2=O)C(=O)C=C(C)C5=O)cc1. The van der Waals surface area contributed by atoms with E-state index in [4.69, 9.17) is 16.3 Å². The maximum Gasteiger partial charge on any atom is 0.238 e. The number of halogens is 1. The van der Waals surface area contributed by atoms with E-state index in [1.807, 2.05) is 25.1 Å². The predicted molar refractivity (Wildman–Crippen MR) is 149 cm³/mol. The molecule has 3 aliphatic carbocycles. The Morgan fingerprint density at radius 3 is 2.45 bits per heavy atom. The van der Waals surface area contributed by atoms with E-state index >= 15 is 0 Å². The van der Waals surface area contributed by atoms with Crippen molar-refractivity contribution < 1.29 is 29.0 Å². The monoisotopic (exact) mass is 557 g/mol. The summed E-state index contributed by atoms with van der Waals surface area (Å²) in [6.45, 7) is 3.65. The van der Waals surface area contributed by atoms with Gasteiger partial charge in [0, 0.05) is 22.6 Å². The summed E-state index contributed by atoms with van der Waals surface area (Å²) >= 11 is 6.37. The Labute approximate surface area is 236 Å². The number of aryl methyl sites for hydroxylation is 1. The van der Waals surface area contributed by atoms with Gasteiger partial charge in [0.15, 0.2) is 23.1 Å². The van der Waals surface area contributed by atoms with Crippen LogP contribution in [0.3, 0.4) is 0 Å². The number of rotatable bonds is 4. The molecule has 1 heterocycles. The van der Waals surface area contributed by atoms with E-state index in [0.717, 1.165) is 17.6 Å². The second kappa shape index (κ2) is 9.59. The van der Waals surface area contributed by atoms with Gasteiger partial charge in [-0.3, -0.25) is 24.1 Å². The number of methoxy groups -OCH3 is 1. The van der Waals surface area contributed by atoms with Gasteiger partial charge in [0.25, 0.3) is 0 Å². The number of Topliss-reactive ketones (excluding diaryl/α,β-unsaturated/α-hetero) is 1. The number of amides is 2. The number of hydrogen-bond acceptors (Lipinski definition) is 6. The lowest BCUT2D eigenvalue weighted by Crippen LogP contribution is -2.39. The van der Waals surface area contributed by atoms with Crippen LogP contribution < -0.4 is 9.64 Å². The summed E-state index contributed by atoms with van der Waals surface area (Å²) in [7, 11) is 1.40. The molecule has 7 nitrogen and oxygen atoms in total. The van der Waals surface area contributed by atoms with Gasteiger partial charge in [0.2, 0.25) is 11.8 Å². The van der Waals surface area contributed by atoms with E-state index in [2.05, 4.69) is 0 Å². The van der Waals surface area contributed by atoms with Gasteiger partial charge >= 0.3 is 0 Å². The fraction of sp³-hybridized carbons (Fsp3) is 0.312. The Hall–Kier alpha value is -3.97. The smallest absolute Gasteiger partial charge is 0.238 e. The van der Waals surface area contributed by atoms with E-state index in [1.54, 1.807) is 31.2 Å². The lowest BCUT2D eigenvalue weighted by atomic mass is 9.59. The zero-order chi connectivity index (χ0) is 28.5. The second-order valence-electron chi connectivity index (χ2n) is 10.8. The van der Waals surface area contributed by atoms with Crippen molar-refractivity contribution in [3.8, 4) is 11.5 Å². The highest BCUT2D eigenvalue weighted by molar-refractivity contribution is 6.32. The number of ether oxygens (including phenoxy) is 1. The highest BCUT2D eigenvalue weighted by atomic mass is 35.5. The first-order valence-electron chi connectivity index (χ1n) is 13.4. The molecule has 1 fully saturated rings. The van der Waals surface area contributed by atoms with Crippen LogP contribution >= 0.6 is 11.6 Å². The third-order valence-electron chi connectivity index (χ3n) is 8.77. The van der Waals surface area contributed by atoms with Crippen LogP contribution in [0, 0.1) is 17.8 Å². The molecule has 40 heavy (non-hydrogen) atoms. The number of carbonyl (C=O) groups is 4. The summed E-state index contributed by atoms with van der Waals surface area (Å²) < 4.78 is 5.34. The molecule has 1 N–H and O–H groups in total. The first-order valence-corrected chi connectivity index (χ1v) is 13.8. The molecule has 2 aromatic carbocycles. The number of imide groups is 1. The van der Waals surface area contributed by atoms with Crippen molar-refractivity contribution >= 4 is 40.7 Å². The standard InChI is InChI=1S/C32H28ClNO6/c1-4-16-5-7-18(8-6-16)34-31(38)20-10-9-19-21(27(20)32(34)39)14-22-24(35)11-15(2)29(36)28(22)26(19)17-12-23(33)30(37)25(13-17)40-3/h5-9,11-13,20-21,26-27,37H,4,10,14H2,1-3H3. The van der Waals surface area contributed by atoms with E-state index in [0.29, 0.717) is 34.4 Å². The molecule has 2 aromatic rings. The van der Waals surface area contributed by atoms with Crippen LogP contribution in [0.4, 0.5) is 5.69 Å². The van der Waals surface area contributed by atoms with E-state index in [-0.39, 0.29) is 46.3 Å². The van der Waals surface area contributed by atoms with Crippen LogP contribution in [0.15, 0.2) is 70.8 Å². The van der Waals surface area contributed by atoms with Crippen molar-refractivity contribution in [2.45, 2.75) is 39.0 Å². The Kier molecular flexibility index (Phi) is 6.30. The topological polar surface area (TPSA) is 101 Å². The average molecular weight is 558 g/mol. The van der Waals surface area contributed by atoms with Gasteiger partial charge in [0.05, 0.1) is 29.7 Å². The van der Waals surface area contributed by atoms with Gasteiger partial charge in [-0.15, -0.1) is 0 Å². The molecular formula is C32H28ClNO6. The molecule has 204 valence electrons. The van der Waals surface area contributed by atoms with Crippen LogP contribution in [-0.2, 0) is 25.6 Å². The molecule has 2 amide bonds.